The minimum absolute atomic E-state index is 0.113. The van der Waals surface area contributed by atoms with E-state index in [1.165, 1.54) is 7.11 Å². The lowest BCUT2D eigenvalue weighted by Gasteiger charge is -2.06. The van der Waals surface area contributed by atoms with Gasteiger partial charge in [0.05, 0.1) is 12.9 Å². The normalized spacial score (nSPS) is 11.1. The largest absolute Gasteiger partial charge is 0.481 e. The van der Waals surface area contributed by atoms with E-state index < -0.39 is 9.84 Å². The van der Waals surface area contributed by atoms with Gasteiger partial charge >= 0.3 is 0 Å². The first-order chi connectivity index (χ1) is 7.57. The van der Waals surface area contributed by atoms with Crippen molar-refractivity contribution >= 4 is 15.7 Å². The molecule has 0 saturated heterocycles. The van der Waals surface area contributed by atoms with E-state index in [1.54, 1.807) is 25.1 Å². The van der Waals surface area contributed by atoms with Gasteiger partial charge in [-0.3, -0.25) is 0 Å². The Morgan fingerprint density at radius 3 is 2.81 bits per heavy atom. The Morgan fingerprint density at radius 1 is 1.44 bits per heavy atom. The van der Waals surface area contributed by atoms with Gasteiger partial charge in [-0.25, -0.2) is 8.42 Å². The molecule has 0 bridgehead atoms. The van der Waals surface area contributed by atoms with Crippen molar-refractivity contribution in [2.45, 2.75) is 6.92 Å². The highest BCUT2D eigenvalue weighted by molar-refractivity contribution is 7.91. The van der Waals surface area contributed by atoms with Crippen molar-refractivity contribution in [1.82, 2.24) is 4.98 Å². The van der Waals surface area contributed by atoms with Gasteiger partial charge in [0, 0.05) is 18.4 Å². The average molecular weight is 244 g/mol. The molecule has 5 nitrogen and oxygen atoms in total. The molecular formula is C10H16N2O3S. The number of hydrogen-bond donors (Lipinski definition) is 1. The van der Waals surface area contributed by atoms with Gasteiger partial charge in [-0.15, -0.1) is 0 Å². The number of nitrogens with one attached hydrogen (secondary N) is 1. The van der Waals surface area contributed by atoms with E-state index in [1.807, 2.05) is 0 Å². The van der Waals surface area contributed by atoms with E-state index in [0.29, 0.717) is 18.2 Å². The maximum absolute atomic E-state index is 11.2. The number of pyridine rings is 1. The van der Waals surface area contributed by atoms with Crippen LogP contribution in [0.4, 0.5) is 5.82 Å². The summed E-state index contributed by atoms with van der Waals surface area (Å²) in [6, 6.07) is 5.29. The van der Waals surface area contributed by atoms with Gasteiger partial charge in [0.25, 0.3) is 0 Å². The molecule has 0 spiro atoms. The minimum atomic E-state index is -2.93. The summed E-state index contributed by atoms with van der Waals surface area (Å²) < 4.78 is 27.4. The fourth-order valence-electron chi connectivity index (χ4n) is 1.11. The summed E-state index contributed by atoms with van der Waals surface area (Å²) in [5.41, 5.74) is 0. The van der Waals surface area contributed by atoms with E-state index in [-0.39, 0.29) is 11.5 Å². The van der Waals surface area contributed by atoms with Gasteiger partial charge in [-0.1, -0.05) is 13.0 Å². The first-order valence-electron chi connectivity index (χ1n) is 5.02. The third-order valence-corrected chi connectivity index (χ3v) is 3.80. The van der Waals surface area contributed by atoms with Crippen LogP contribution in [0.15, 0.2) is 18.2 Å². The number of rotatable bonds is 6. The van der Waals surface area contributed by atoms with E-state index in [2.05, 4.69) is 10.3 Å². The van der Waals surface area contributed by atoms with Crippen LogP contribution in [0, 0.1) is 0 Å². The molecule has 0 saturated carbocycles. The molecular weight excluding hydrogens is 228 g/mol. The Kier molecular flexibility index (Phi) is 4.54. The molecule has 0 amide bonds. The van der Waals surface area contributed by atoms with Gasteiger partial charge in [0.2, 0.25) is 5.88 Å². The molecule has 1 heterocycles. The van der Waals surface area contributed by atoms with Crippen molar-refractivity contribution in [2.24, 2.45) is 0 Å². The van der Waals surface area contributed by atoms with E-state index in [4.69, 9.17) is 4.74 Å². The highest BCUT2D eigenvalue weighted by atomic mass is 32.2. The molecule has 0 unspecified atom stereocenters. The lowest BCUT2D eigenvalue weighted by Crippen LogP contribution is -2.17. The summed E-state index contributed by atoms with van der Waals surface area (Å²) in [6.07, 6.45) is 0. The summed E-state index contributed by atoms with van der Waals surface area (Å²) in [7, 11) is -1.39. The third-order valence-electron chi connectivity index (χ3n) is 2.09. The molecule has 1 rings (SSSR count). The van der Waals surface area contributed by atoms with Gasteiger partial charge in [-0.05, 0) is 6.07 Å². The number of anilines is 1. The van der Waals surface area contributed by atoms with Crippen LogP contribution >= 0.6 is 0 Å². The topological polar surface area (TPSA) is 68.3 Å². The molecule has 0 atom stereocenters. The van der Waals surface area contributed by atoms with Gasteiger partial charge < -0.3 is 10.1 Å². The molecule has 1 aromatic rings. The maximum atomic E-state index is 11.2. The second-order valence-electron chi connectivity index (χ2n) is 3.23. The number of nitrogens with zero attached hydrogens (tertiary/aromatic N) is 1. The SMILES string of the molecule is CCS(=O)(=O)CCNc1cccc(OC)n1. The van der Waals surface area contributed by atoms with Crippen molar-refractivity contribution in [3.05, 3.63) is 18.2 Å². The van der Waals surface area contributed by atoms with Crippen LogP contribution in [0.5, 0.6) is 5.88 Å². The monoisotopic (exact) mass is 244 g/mol. The maximum Gasteiger partial charge on any atom is 0.214 e. The van der Waals surface area contributed by atoms with Crippen molar-refractivity contribution in [3.63, 3.8) is 0 Å². The number of methoxy groups -OCH3 is 1. The zero-order chi connectivity index (χ0) is 12.0. The highest BCUT2D eigenvalue weighted by Gasteiger charge is 2.06. The number of aromatic nitrogens is 1. The molecule has 16 heavy (non-hydrogen) atoms. The predicted octanol–water partition coefficient (Wildman–Crippen LogP) is 0.937. The van der Waals surface area contributed by atoms with Gasteiger partial charge in [0.1, 0.15) is 5.82 Å². The summed E-state index contributed by atoms with van der Waals surface area (Å²) in [5, 5.41) is 2.94. The molecule has 0 aromatic carbocycles. The molecule has 90 valence electrons. The molecule has 0 fully saturated rings. The Bertz CT molecular complexity index is 431. The summed E-state index contributed by atoms with van der Waals surface area (Å²) in [6.45, 7) is 2.00. The molecule has 0 aliphatic carbocycles. The average Bonchev–Trinajstić information content (AvgIpc) is 2.29. The van der Waals surface area contributed by atoms with Crippen LogP contribution in [0.25, 0.3) is 0 Å². The van der Waals surface area contributed by atoms with E-state index in [9.17, 15) is 8.42 Å². The molecule has 1 aromatic heterocycles. The van der Waals surface area contributed by atoms with Gasteiger partial charge in [0.15, 0.2) is 9.84 Å². The Morgan fingerprint density at radius 2 is 2.19 bits per heavy atom. The van der Waals surface area contributed by atoms with Crippen LogP contribution in [-0.2, 0) is 9.84 Å². The first kappa shape index (κ1) is 12.8. The molecule has 0 aliphatic rings. The summed E-state index contributed by atoms with van der Waals surface area (Å²) in [5.74, 6) is 1.40. The third kappa shape index (κ3) is 4.06. The van der Waals surface area contributed by atoms with Crippen LogP contribution in [0.1, 0.15) is 6.92 Å². The standard InChI is InChI=1S/C10H16N2O3S/c1-3-16(13,14)8-7-11-9-5-4-6-10(12-9)15-2/h4-6H,3,7-8H2,1-2H3,(H,11,12). The van der Waals surface area contributed by atoms with Crippen molar-refractivity contribution in [1.29, 1.82) is 0 Å². The lowest BCUT2D eigenvalue weighted by atomic mass is 10.4. The zero-order valence-electron chi connectivity index (χ0n) is 9.43. The Balaban J connectivity index is 2.49. The minimum Gasteiger partial charge on any atom is -0.481 e. The molecule has 1 N–H and O–H groups in total. The predicted molar refractivity (Wildman–Crippen MR) is 63.6 cm³/mol. The fourth-order valence-corrected chi connectivity index (χ4v) is 1.81. The van der Waals surface area contributed by atoms with Crippen molar-refractivity contribution in [2.75, 3.05) is 30.5 Å². The Labute approximate surface area is 95.8 Å². The zero-order valence-corrected chi connectivity index (χ0v) is 10.3. The van der Waals surface area contributed by atoms with Crippen molar-refractivity contribution in [3.8, 4) is 5.88 Å². The van der Waals surface area contributed by atoms with Gasteiger partial charge in [-0.2, -0.15) is 4.98 Å². The summed E-state index contributed by atoms with van der Waals surface area (Å²) in [4.78, 5) is 4.11. The molecule has 0 aliphatic heterocycles. The Hall–Kier alpha value is -1.30. The first-order valence-corrected chi connectivity index (χ1v) is 6.85. The number of hydrogen-bond acceptors (Lipinski definition) is 5. The fraction of sp³-hybridized carbons (Fsp3) is 0.500. The second-order valence-corrected chi connectivity index (χ2v) is 5.70. The highest BCUT2D eigenvalue weighted by Crippen LogP contribution is 2.10. The quantitative estimate of drug-likeness (QED) is 0.806. The van der Waals surface area contributed by atoms with Crippen molar-refractivity contribution < 1.29 is 13.2 Å². The van der Waals surface area contributed by atoms with Crippen LogP contribution in [0.3, 0.4) is 0 Å². The second kappa shape index (κ2) is 5.69. The molecule has 6 heteroatoms. The summed E-state index contributed by atoms with van der Waals surface area (Å²) >= 11 is 0. The molecule has 0 radical (unpaired) electrons. The van der Waals surface area contributed by atoms with E-state index in [0.717, 1.165) is 0 Å². The smallest absolute Gasteiger partial charge is 0.214 e. The number of sulfone groups is 1. The number of ether oxygens (including phenoxy) is 1. The lowest BCUT2D eigenvalue weighted by molar-refractivity contribution is 0.398. The van der Waals surface area contributed by atoms with Crippen LogP contribution in [0.2, 0.25) is 0 Å². The van der Waals surface area contributed by atoms with Crippen LogP contribution < -0.4 is 10.1 Å². The van der Waals surface area contributed by atoms with Crippen LogP contribution in [-0.4, -0.2) is 38.6 Å². The van der Waals surface area contributed by atoms with E-state index >= 15 is 0 Å².